The fourth-order valence-corrected chi connectivity index (χ4v) is 5.97. The van der Waals surface area contributed by atoms with Gasteiger partial charge in [0.1, 0.15) is 24.7 Å². The monoisotopic (exact) mass is 476 g/mol. The van der Waals surface area contributed by atoms with E-state index in [9.17, 15) is 14.4 Å². The van der Waals surface area contributed by atoms with Gasteiger partial charge < -0.3 is 24.8 Å². The van der Waals surface area contributed by atoms with Crippen LogP contribution in [0.2, 0.25) is 0 Å². The van der Waals surface area contributed by atoms with Gasteiger partial charge in [0.15, 0.2) is 17.3 Å². The molecule has 1 saturated carbocycles. The minimum absolute atomic E-state index is 0.0254. The number of likely N-dealkylation sites (tertiary alicyclic amines) is 1. The van der Waals surface area contributed by atoms with Gasteiger partial charge in [0.2, 0.25) is 11.8 Å². The lowest BCUT2D eigenvalue weighted by Gasteiger charge is -2.40. The number of primary amides is 1. The van der Waals surface area contributed by atoms with Crippen LogP contribution in [-0.2, 0) is 14.3 Å². The number of halogens is 1. The predicted octanol–water partition coefficient (Wildman–Crippen LogP) is 2.50. The van der Waals surface area contributed by atoms with Crippen molar-refractivity contribution in [1.29, 1.82) is 0 Å². The van der Waals surface area contributed by atoms with Gasteiger partial charge >= 0.3 is 0 Å². The van der Waals surface area contributed by atoms with Crippen molar-refractivity contribution >= 4 is 29.2 Å². The first kappa shape index (κ1) is 22.5. The van der Waals surface area contributed by atoms with Crippen molar-refractivity contribution in [2.75, 3.05) is 13.2 Å². The summed E-state index contributed by atoms with van der Waals surface area (Å²) in [4.78, 5) is 39.7. The lowest BCUT2D eigenvalue weighted by molar-refractivity contribution is -0.152. The third-order valence-electron chi connectivity index (χ3n) is 7.59. The Hall–Kier alpha value is -2.32. The highest BCUT2D eigenvalue weighted by Gasteiger charge is 2.55. The maximum Gasteiger partial charge on any atom is 0.253 e. The zero-order valence-corrected chi connectivity index (χ0v) is 19.5. The van der Waals surface area contributed by atoms with E-state index in [2.05, 4.69) is 13.8 Å². The van der Waals surface area contributed by atoms with Gasteiger partial charge in [-0.05, 0) is 55.2 Å². The number of nitrogens with two attached hydrogens (primary N) is 1. The molecule has 9 heteroatoms. The molecule has 1 unspecified atom stereocenters. The molecule has 4 aliphatic rings. The maximum absolute atomic E-state index is 14.0. The van der Waals surface area contributed by atoms with Crippen LogP contribution in [0.4, 0.5) is 0 Å². The summed E-state index contributed by atoms with van der Waals surface area (Å²) in [5, 5.41) is -0.433. The number of hydrogen-bond donors (Lipinski definition) is 1. The maximum atomic E-state index is 14.0. The molecule has 1 aromatic carbocycles. The Labute approximate surface area is 197 Å². The van der Waals surface area contributed by atoms with Crippen molar-refractivity contribution in [3.63, 3.8) is 0 Å². The number of Topliss-reactive ketones (excluding diaryl/α,β-unsaturated/α-hetero) is 1. The molecule has 1 aromatic rings. The molecule has 5 rings (SSSR count). The standard InChI is InChI=1S/C24H29ClN2O6/c1-24(2)7-5-12(6-8-24)18(22(30)27-10-14(25)20-19(27)15(28)11-31-20)23-32-16-4-3-13(21(26)29)9-17(16)33-23/h3-4,9,12,14,18-20,23H,5-8,10-11H2,1-2H3,(H2,26,29)/t14-,18+,19+,20+,23?/m0/s1. The van der Waals surface area contributed by atoms with E-state index in [-0.39, 0.29) is 36.2 Å². The van der Waals surface area contributed by atoms with Gasteiger partial charge in [-0.3, -0.25) is 14.4 Å². The van der Waals surface area contributed by atoms with E-state index < -0.39 is 35.6 Å². The van der Waals surface area contributed by atoms with Crippen molar-refractivity contribution in [3.8, 4) is 11.5 Å². The van der Waals surface area contributed by atoms with Gasteiger partial charge in [0.05, 0.1) is 5.38 Å². The van der Waals surface area contributed by atoms with Crippen molar-refractivity contribution in [2.24, 2.45) is 23.0 Å². The number of benzene rings is 1. The van der Waals surface area contributed by atoms with Crippen molar-refractivity contribution in [1.82, 2.24) is 4.90 Å². The highest BCUT2D eigenvalue weighted by molar-refractivity contribution is 6.22. The van der Waals surface area contributed by atoms with Gasteiger partial charge in [0.25, 0.3) is 6.29 Å². The number of carbonyl (C=O) groups excluding carboxylic acids is 3. The number of nitrogens with zero attached hydrogens (tertiary/aromatic N) is 1. The molecule has 0 radical (unpaired) electrons. The van der Waals surface area contributed by atoms with E-state index in [0.29, 0.717) is 17.1 Å². The topological polar surface area (TPSA) is 108 Å². The number of carbonyl (C=O) groups is 3. The minimum atomic E-state index is -0.855. The Kier molecular flexibility index (Phi) is 5.56. The highest BCUT2D eigenvalue weighted by Crippen LogP contribution is 2.46. The average molecular weight is 477 g/mol. The van der Waals surface area contributed by atoms with Crippen LogP contribution in [0.25, 0.3) is 0 Å². The summed E-state index contributed by atoms with van der Waals surface area (Å²) < 4.78 is 17.7. The summed E-state index contributed by atoms with van der Waals surface area (Å²) in [6.07, 6.45) is 2.35. The Morgan fingerprint density at radius 3 is 2.58 bits per heavy atom. The normalized spacial score (nSPS) is 31.5. The summed E-state index contributed by atoms with van der Waals surface area (Å²) in [5.41, 5.74) is 5.92. The minimum Gasteiger partial charge on any atom is -0.450 e. The first-order chi connectivity index (χ1) is 15.6. The van der Waals surface area contributed by atoms with Crippen LogP contribution in [0, 0.1) is 17.3 Å². The second kappa shape index (κ2) is 8.17. The number of hydrogen-bond acceptors (Lipinski definition) is 6. The molecule has 3 heterocycles. The van der Waals surface area contributed by atoms with E-state index >= 15 is 0 Å². The van der Waals surface area contributed by atoms with Crippen LogP contribution in [0.3, 0.4) is 0 Å². The second-order valence-corrected chi connectivity index (χ2v) is 10.9. The molecule has 0 bridgehead atoms. The van der Waals surface area contributed by atoms with Crippen LogP contribution in [0.1, 0.15) is 49.9 Å². The van der Waals surface area contributed by atoms with E-state index in [1.807, 2.05) is 0 Å². The van der Waals surface area contributed by atoms with Crippen LogP contribution in [0.5, 0.6) is 11.5 Å². The van der Waals surface area contributed by atoms with Crippen LogP contribution in [-0.4, -0.2) is 59.5 Å². The first-order valence-electron chi connectivity index (χ1n) is 11.5. The third-order valence-corrected chi connectivity index (χ3v) is 7.98. The summed E-state index contributed by atoms with van der Waals surface area (Å²) in [6, 6.07) is 4.09. The molecule has 178 valence electrons. The molecule has 3 fully saturated rings. The molecule has 2 saturated heterocycles. The van der Waals surface area contributed by atoms with Gasteiger partial charge in [-0.2, -0.15) is 0 Å². The molecule has 2 amide bonds. The molecular weight excluding hydrogens is 448 g/mol. The van der Waals surface area contributed by atoms with Gasteiger partial charge in [0, 0.05) is 12.1 Å². The van der Waals surface area contributed by atoms with Crippen LogP contribution < -0.4 is 15.2 Å². The first-order valence-corrected chi connectivity index (χ1v) is 11.9. The summed E-state index contributed by atoms with van der Waals surface area (Å²) >= 11 is 6.45. The highest BCUT2D eigenvalue weighted by atomic mass is 35.5. The molecule has 8 nitrogen and oxygen atoms in total. The molecule has 1 aliphatic carbocycles. The molecule has 0 spiro atoms. The Morgan fingerprint density at radius 1 is 1.18 bits per heavy atom. The lowest BCUT2D eigenvalue weighted by atomic mass is 9.69. The molecular formula is C24H29ClN2O6. The fraction of sp³-hybridized carbons (Fsp3) is 0.625. The smallest absolute Gasteiger partial charge is 0.253 e. The summed E-state index contributed by atoms with van der Waals surface area (Å²) in [7, 11) is 0. The molecule has 33 heavy (non-hydrogen) atoms. The molecule has 0 aromatic heterocycles. The van der Waals surface area contributed by atoms with E-state index in [1.165, 1.54) is 6.07 Å². The van der Waals surface area contributed by atoms with Crippen LogP contribution >= 0.6 is 11.6 Å². The Balaban J connectivity index is 1.43. The van der Waals surface area contributed by atoms with E-state index in [1.54, 1.807) is 17.0 Å². The Morgan fingerprint density at radius 2 is 1.88 bits per heavy atom. The van der Waals surface area contributed by atoms with E-state index in [4.69, 9.17) is 31.5 Å². The lowest BCUT2D eigenvalue weighted by Crippen LogP contribution is -2.51. The molecule has 3 aliphatic heterocycles. The summed E-state index contributed by atoms with van der Waals surface area (Å²) in [6.45, 7) is 4.70. The zero-order valence-electron chi connectivity index (χ0n) is 18.8. The number of amides is 2. The van der Waals surface area contributed by atoms with Crippen molar-refractivity contribution in [3.05, 3.63) is 23.8 Å². The molecule has 5 atom stereocenters. The largest absolute Gasteiger partial charge is 0.450 e. The second-order valence-electron chi connectivity index (χ2n) is 10.4. The number of ketones is 1. The van der Waals surface area contributed by atoms with Gasteiger partial charge in [-0.1, -0.05) is 13.8 Å². The SMILES string of the molecule is CC1(C)CCC([C@H](C(=O)N2C[C@H](Cl)[C@H]3OCC(=O)[C@H]32)C2Oc3ccc(C(N)=O)cc3O2)CC1. The number of ether oxygens (including phenoxy) is 3. The zero-order chi connectivity index (χ0) is 23.5. The van der Waals surface area contributed by atoms with E-state index in [0.717, 1.165) is 25.7 Å². The summed E-state index contributed by atoms with van der Waals surface area (Å²) in [5.74, 6) is -0.601. The van der Waals surface area contributed by atoms with Gasteiger partial charge in [-0.25, -0.2) is 0 Å². The van der Waals surface area contributed by atoms with Gasteiger partial charge in [-0.15, -0.1) is 11.6 Å². The predicted molar refractivity (Wildman–Crippen MR) is 119 cm³/mol. The Bertz CT molecular complexity index is 987. The van der Waals surface area contributed by atoms with Crippen LogP contribution in [0.15, 0.2) is 18.2 Å². The molecule has 2 N–H and O–H groups in total. The number of alkyl halides is 1. The quantitative estimate of drug-likeness (QED) is 0.669. The third kappa shape index (κ3) is 3.97. The van der Waals surface area contributed by atoms with Crippen molar-refractivity contribution in [2.45, 2.75) is 63.3 Å². The fourth-order valence-electron chi connectivity index (χ4n) is 5.61. The number of fused-ring (bicyclic) bond motifs is 2. The average Bonchev–Trinajstić information content (AvgIpc) is 3.44. The number of rotatable bonds is 4. The van der Waals surface area contributed by atoms with Crippen molar-refractivity contribution < 1.29 is 28.6 Å².